The van der Waals surface area contributed by atoms with Crippen LogP contribution < -0.4 is 5.32 Å². The predicted molar refractivity (Wildman–Crippen MR) is 74.2 cm³/mol. The molecule has 0 saturated carbocycles. The second kappa shape index (κ2) is 5.72. The van der Waals surface area contributed by atoms with Gasteiger partial charge in [-0.2, -0.15) is 0 Å². The predicted octanol–water partition coefficient (Wildman–Crippen LogP) is 0.542. The zero-order chi connectivity index (χ0) is 14.9. The van der Waals surface area contributed by atoms with Crippen LogP contribution in [0, 0.1) is 0 Å². The number of fused-ring (bicyclic) bond motifs is 1. The van der Waals surface area contributed by atoms with Crippen molar-refractivity contribution >= 4 is 33.7 Å². The van der Waals surface area contributed by atoms with Crippen LogP contribution in [0.3, 0.4) is 0 Å². The molecule has 1 heterocycles. The Balaban J connectivity index is 2.11. The maximum absolute atomic E-state index is 12.1. The number of hydrogen-bond donors (Lipinski definition) is 2. The fourth-order valence-corrected chi connectivity index (χ4v) is 2.23. The van der Waals surface area contributed by atoms with E-state index in [1.165, 1.54) is 6.92 Å². The van der Waals surface area contributed by atoms with E-state index in [4.69, 9.17) is 5.11 Å². The highest BCUT2D eigenvalue weighted by atomic mass is 79.9. The number of amides is 3. The highest BCUT2D eigenvalue weighted by Crippen LogP contribution is 2.25. The van der Waals surface area contributed by atoms with Crippen LogP contribution in [0.2, 0.25) is 0 Å². The Morgan fingerprint density at radius 2 is 2.00 bits per heavy atom. The zero-order valence-corrected chi connectivity index (χ0v) is 12.3. The van der Waals surface area contributed by atoms with Crippen molar-refractivity contribution in [2.24, 2.45) is 0 Å². The van der Waals surface area contributed by atoms with Gasteiger partial charge in [0.25, 0.3) is 11.8 Å². The molecule has 6 nitrogen and oxygen atoms in total. The number of halogens is 1. The summed E-state index contributed by atoms with van der Waals surface area (Å²) >= 11 is 3.23. The Labute approximate surface area is 123 Å². The van der Waals surface area contributed by atoms with E-state index in [2.05, 4.69) is 21.2 Å². The molecule has 0 aromatic heterocycles. The molecule has 7 heteroatoms. The Kier molecular flexibility index (Phi) is 4.20. The normalized spacial score (nSPS) is 15.2. The number of aliphatic hydroxyl groups excluding tert-OH is 1. The Morgan fingerprint density at radius 1 is 1.35 bits per heavy atom. The van der Waals surface area contributed by atoms with Gasteiger partial charge in [0, 0.05) is 11.0 Å². The summed E-state index contributed by atoms with van der Waals surface area (Å²) in [6.07, 6.45) is -0.683. The number of aliphatic hydroxyl groups is 1. The first kappa shape index (κ1) is 14.7. The molecule has 0 aliphatic carbocycles. The van der Waals surface area contributed by atoms with E-state index in [1.807, 2.05) is 0 Å². The third kappa shape index (κ3) is 2.88. The maximum atomic E-state index is 12.1. The summed E-state index contributed by atoms with van der Waals surface area (Å²) in [5.74, 6) is -1.46. The van der Waals surface area contributed by atoms with Gasteiger partial charge in [-0.25, -0.2) is 0 Å². The highest BCUT2D eigenvalue weighted by molar-refractivity contribution is 9.10. The van der Waals surface area contributed by atoms with Gasteiger partial charge in [0.2, 0.25) is 5.91 Å². The molecule has 0 bridgehead atoms. The fourth-order valence-electron chi connectivity index (χ4n) is 1.87. The number of rotatable bonds is 4. The summed E-state index contributed by atoms with van der Waals surface area (Å²) < 4.78 is 0.692. The molecule has 0 saturated heterocycles. The molecule has 0 fully saturated rings. The quantitative estimate of drug-likeness (QED) is 0.783. The second-order valence-corrected chi connectivity index (χ2v) is 5.46. The van der Waals surface area contributed by atoms with Gasteiger partial charge in [0.05, 0.1) is 17.2 Å². The molecule has 106 valence electrons. The highest BCUT2D eigenvalue weighted by Gasteiger charge is 2.36. The lowest BCUT2D eigenvalue weighted by Crippen LogP contribution is -2.42. The molecule has 0 radical (unpaired) electrons. The van der Waals surface area contributed by atoms with Gasteiger partial charge < -0.3 is 10.4 Å². The fraction of sp³-hybridized carbons (Fsp3) is 0.308. The van der Waals surface area contributed by atoms with E-state index in [1.54, 1.807) is 18.2 Å². The monoisotopic (exact) mass is 340 g/mol. The Hall–Kier alpha value is -1.73. The SMILES string of the molecule is CC(O)CNC(=O)CN1C(=O)c2ccc(Br)cc2C1=O. The number of hydrogen-bond acceptors (Lipinski definition) is 4. The molecule has 0 spiro atoms. The minimum absolute atomic E-state index is 0.0769. The summed E-state index contributed by atoms with van der Waals surface area (Å²) in [5.41, 5.74) is 0.578. The van der Waals surface area contributed by atoms with Gasteiger partial charge in [-0.15, -0.1) is 0 Å². The van der Waals surface area contributed by atoms with Gasteiger partial charge in [-0.1, -0.05) is 15.9 Å². The average Bonchev–Trinajstić information content (AvgIpc) is 2.61. The van der Waals surface area contributed by atoms with E-state index in [0.717, 1.165) is 4.90 Å². The van der Waals surface area contributed by atoms with E-state index in [9.17, 15) is 14.4 Å². The van der Waals surface area contributed by atoms with Crippen molar-refractivity contribution in [3.05, 3.63) is 33.8 Å². The van der Waals surface area contributed by atoms with Crippen LogP contribution in [0.4, 0.5) is 0 Å². The Morgan fingerprint density at radius 3 is 2.65 bits per heavy atom. The number of carbonyl (C=O) groups is 3. The number of carbonyl (C=O) groups excluding carboxylic acids is 3. The van der Waals surface area contributed by atoms with E-state index < -0.39 is 23.8 Å². The first-order valence-electron chi connectivity index (χ1n) is 6.00. The minimum atomic E-state index is -0.683. The molecule has 1 aromatic carbocycles. The third-order valence-corrected chi connectivity index (χ3v) is 3.32. The van der Waals surface area contributed by atoms with Crippen LogP contribution in [-0.4, -0.2) is 46.9 Å². The minimum Gasteiger partial charge on any atom is -0.392 e. The molecule has 1 unspecified atom stereocenters. The van der Waals surface area contributed by atoms with Crippen molar-refractivity contribution in [2.45, 2.75) is 13.0 Å². The topological polar surface area (TPSA) is 86.7 Å². The number of imide groups is 1. The smallest absolute Gasteiger partial charge is 0.262 e. The molecular weight excluding hydrogens is 328 g/mol. The second-order valence-electron chi connectivity index (χ2n) is 4.54. The molecule has 1 aromatic rings. The van der Waals surface area contributed by atoms with Crippen molar-refractivity contribution in [1.82, 2.24) is 10.2 Å². The summed E-state index contributed by atoms with van der Waals surface area (Å²) in [5, 5.41) is 11.5. The van der Waals surface area contributed by atoms with E-state index in [0.29, 0.717) is 10.0 Å². The van der Waals surface area contributed by atoms with E-state index >= 15 is 0 Å². The molecule has 20 heavy (non-hydrogen) atoms. The first-order valence-corrected chi connectivity index (χ1v) is 6.80. The zero-order valence-electron chi connectivity index (χ0n) is 10.7. The van der Waals surface area contributed by atoms with Crippen LogP contribution in [0.5, 0.6) is 0 Å². The average molecular weight is 341 g/mol. The third-order valence-electron chi connectivity index (χ3n) is 2.83. The lowest BCUT2D eigenvalue weighted by atomic mass is 10.1. The van der Waals surface area contributed by atoms with Crippen molar-refractivity contribution in [1.29, 1.82) is 0 Å². The maximum Gasteiger partial charge on any atom is 0.262 e. The van der Waals surface area contributed by atoms with Crippen molar-refractivity contribution < 1.29 is 19.5 Å². The number of benzene rings is 1. The standard InChI is InChI=1S/C13H13BrN2O4/c1-7(17)5-15-11(18)6-16-12(19)9-3-2-8(14)4-10(9)13(16)20/h2-4,7,17H,5-6H2,1H3,(H,15,18). The Bertz CT molecular complexity index is 586. The summed E-state index contributed by atoms with van der Waals surface area (Å²) in [4.78, 5) is 36.7. The van der Waals surface area contributed by atoms with Gasteiger partial charge in [-0.3, -0.25) is 19.3 Å². The van der Waals surface area contributed by atoms with E-state index in [-0.39, 0.29) is 18.7 Å². The number of nitrogens with zero attached hydrogens (tertiary/aromatic N) is 1. The van der Waals surface area contributed by atoms with Crippen molar-refractivity contribution in [2.75, 3.05) is 13.1 Å². The van der Waals surface area contributed by atoms with Gasteiger partial charge in [-0.05, 0) is 25.1 Å². The van der Waals surface area contributed by atoms with Crippen LogP contribution in [-0.2, 0) is 4.79 Å². The van der Waals surface area contributed by atoms with Crippen LogP contribution >= 0.6 is 15.9 Å². The summed E-state index contributed by atoms with van der Waals surface area (Å²) in [7, 11) is 0. The molecular formula is C13H13BrN2O4. The molecule has 2 rings (SSSR count). The summed E-state index contributed by atoms with van der Waals surface area (Å²) in [6.45, 7) is 1.25. The van der Waals surface area contributed by atoms with Gasteiger partial charge >= 0.3 is 0 Å². The number of nitrogens with one attached hydrogen (secondary N) is 1. The largest absolute Gasteiger partial charge is 0.392 e. The van der Waals surface area contributed by atoms with Crippen LogP contribution in [0.15, 0.2) is 22.7 Å². The van der Waals surface area contributed by atoms with Crippen LogP contribution in [0.25, 0.3) is 0 Å². The van der Waals surface area contributed by atoms with Gasteiger partial charge in [0.15, 0.2) is 0 Å². The molecule has 2 N–H and O–H groups in total. The van der Waals surface area contributed by atoms with Crippen molar-refractivity contribution in [3.63, 3.8) is 0 Å². The first-order chi connectivity index (χ1) is 9.40. The molecule has 3 amide bonds. The molecule has 1 aliphatic heterocycles. The lowest BCUT2D eigenvalue weighted by molar-refractivity contribution is -0.121. The summed E-state index contributed by atoms with van der Waals surface area (Å²) in [6, 6.07) is 4.78. The molecule has 1 aliphatic rings. The van der Waals surface area contributed by atoms with Crippen molar-refractivity contribution in [3.8, 4) is 0 Å². The molecule has 1 atom stereocenters. The van der Waals surface area contributed by atoms with Gasteiger partial charge in [0.1, 0.15) is 6.54 Å². The van der Waals surface area contributed by atoms with Crippen LogP contribution in [0.1, 0.15) is 27.6 Å². The lowest BCUT2D eigenvalue weighted by Gasteiger charge is -2.14.